The molecule has 2 N–H and O–H groups in total. The predicted octanol–water partition coefficient (Wildman–Crippen LogP) is 3.72. The molecule has 2 aromatic carbocycles. The highest BCUT2D eigenvalue weighted by Gasteiger charge is 2.01. The first kappa shape index (κ1) is 14.6. The maximum absolute atomic E-state index is 5.85. The molecule has 1 atom stereocenters. The molecule has 2 nitrogen and oxygen atoms in total. The highest BCUT2D eigenvalue weighted by atomic mass is 16.5. The van der Waals surface area contributed by atoms with Gasteiger partial charge in [-0.2, -0.15) is 0 Å². The second-order valence-electron chi connectivity index (χ2n) is 5.29. The molecule has 2 aromatic rings. The average Bonchev–Trinajstić information content (AvgIpc) is 2.45. The quantitative estimate of drug-likeness (QED) is 0.867. The third-order valence-corrected chi connectivity index (χ3v) is 3.29. The molecule has 20 heavy (non-hydrogen) atoms. The number of ether oxygens (including phenoxy) is 1. The minimum atomic E-state index is 0.173. The molecule has 0 aromatic heterocycles. The van der Waals surface area contributed by atoms with Crippen molar-refractivity contribution in [1.82, 2.24) is 0 Å². The van der Waals surface area contributed by atoms with E-state index in [0.29, 0.717) is 6.61 Å². The summed E-state index contributed by atoms with van der Waals surface area (Å²) in [6.07, 6.45) is 1.95. The lowest BCUT2D eigenvalue weighted by molar-refractivity contribution is 0.306. The van der Waals surface area contributed by atoms with Gasteiger partial charge in [0.15, 0.2) is 0 Å². The van der Waals surface area contributed by atoms with Crippen LogP contribution in [-0.2, 0) is 19.4 Å². The summed E-state index contributed by atoms with van der Waals surface area (Å²) < 4.78 is 5.85. The van der Waals surface area contributed by atoms with E-state index in [1.54, 1.807) is 0 Å². The molecule has 0 aliphatic carbocycles. The van der Waals surface area contributed by atoms with E-state index >= 15 is 0 Å². The summed E-state index contributed by atoms with van der Waals surface area (Å²) in [5.74, 6) is 0.905. The summed E-state index contributed by atoms with van der Waals surface area (Å²) in [7, 11) is 0. The first-order chi connectivity index (χ1) is 9.67. The minimum absolute atomic E-state index is 0.173. The summed E-state index contributed by atoms with van der Waals surface area (Å²) in [5, 5.41) is 0. The Labute approximate surface area is 121 Å². The van der Waals surface area contributed by atoms with E-state index in [1.807, 2.05) is 19.1 Å². The van der Waals surface area contributed by atoms with Gasteiger partial charge in [-0.05, 0) is 48.6 Å². The molecule has 0 heterocycles. The van der Waals surface area contributed by atoms with Crippen molar-refractivity contribution in [3.05, 3.63) is 65.2 Å². The Bertz CT molecular complexity index is 531. The zero-order valence-corrected chi connectivity index (χ0v) is 12.3. The smallest absolute Gasteiger partial charge is 0.120 e. The van der Waals surface area contributed by atoms with Crippen LogP contribution in [0.3, 0.4) is 0 Å². The lowest BCUT2D eigenvalue weighted by Gasteiger charge is -2.10. The van der Waals surface area contributed by atoms with Crippen LogP contribution in [0.15, 0.2) is 48.5 Å². The lowest BCUT2D eigenvalue weighted by atomic mass is 10.1. The number of hydrogen-bond donors (Lipinski definition) is 1. The van der Waals surface area contributed by atoms with Gasteiger partial charge in [-0.25, -0.2) is 0 Å². The molecule has 0 fully saturated rings. The van der Waals surface area contributed by atoms with E-state index in [-0.39, 0.29) is 6.04 Å². The molecule has 0 spiro atoms. The molecule has 1 unspecified atom stereocenters. The predicted molar refractivity (Wildman–Crippen MR) is 83.9 cm³/mol. The average molecular weight is 269 g/mol. The van der Waals surface area contributed by atoms with Crippen molar-refractivity contribution in [3.63, 3.8) is 0 Å². The zero-order valence-electron chi connectivity index (χ0n) is 12.3. The molecule has 0 aliphatic heterocycles. The first-order valence-electron chi connectivity index (χ1n) is 7.22. The Morgan fingerprint density at radius 1 is 1.00 bits per heavy atom. The van der Waals surface area contributed by atoms with Crippen LogP contribution in [-0.4, -0.2) is 6.04 Å². The highest BCUT2D eigenvalue weighted by Crippen LogP contribution is 2.16. The fourth-order valence-electron chi connectivity index (χ4n) is 2.17. The van der Waals surface area contributed by atoms with Gasteiger partial charge in [0.25, 0.3) is 0 Å². The normalized spacial score (nSPS) is 12.2. The number of aryl methyl sites for hydroxylation is 1. The van der Waals surface area contributed by atoms with Crippen molar-refractivity contribution in [2.24, 2.45) is 5.73 Å². The minimum Gasteiger partial charge on any atom is -0.489 e. The molecule has 0 radical (unpaired) electrons. The van der Waals surface area contributed by atoms with E-state index < -0.39 is 0 Å². The molecule has 2 heteroatoms. The van der Waals surface area contributed by atoms with Crippen molar-refractivity contribution < 1.29 is 4.74 Å². The molecule has 0 saturated heterocycles. The monoisotopic (exact) mass is 269 g/mol. The summed E-state index contributed by atoms with van der Waals surface area (Å²) in [6.45, 7) is 4.78. The Morgan fingerprint density at radius 2 is 1.70 bits per heavy atom. The van der Waals surface area contributed by atoms with Gasteiger partial charge >= 0.3 is 0 Å². The van der Waals surface area contributed by atoms with E-state index in [9.17, 15) is 0 Å². The van der Waals surface area contributed by atoms with E-state index in [4.69, 9.17) is 10.5 Å². The first-order valence-corrected chi connectivity index (χ1v) is 7.22. The Balaban J connectivity index is 1.95. The van der Waals surface area contributed by atoms with Gasteiger partial charge in [-0.15, -0.1) is 0 Å². The largest absolute Gasteiger partial charge is 0.489 e. The summed E-state index contributed by atoms with van der Waals surface area (Å²) >= 11 is 0. The summed E-state index contributed by atoms with van der Waals surface area (Å²) in [5.41, 5.74) is 9.60. The van der Waals surface area contributed by atoms with Crippen LogP contribution >= 0.6 is 0 Å². The lowest BCUT2D eigenvalue weighted by Crippen LogP contribution is -2.17. The summed E-state index contributed by atoms with van der Waals surface area (Å²) in [6, 6.07) is 16.9. The van der Waals surface area contributed by atoms with Crippen LogP contribution in [0.25, 0.3) is 0 Å². The zero-order chi connectivity index (χ0) is 14.4. The molecule has 0 saturated carbocycles. The highest BCUT2D eigenvalue weighted by molar-refractivity contribution is 5.29. The van der Waals surface area contributed by atoms with Gasteiger partial charge in [0, 0.05) is 6.04 Å². The fourth-order valence-corrected chi connectivity index (χ4v) is 2.17. The van der Waals surface area contributed by atoms with Gasteiger partial charge in [0.1, 0.15) is 12.4 Å². The maximum Gasteiger partial charge on any atom is 0.120 e. The standard InChI is InChI=1S/C18H23NO/c1-3-15-7-9-16(10-8-15)13-20-18-6-4-5-17(12-18)11-14(2)19/h4-10,12,14H,3,11,13,19H2,1-2H3. The van der Waals surface area contributed by atoms with Crippen LogP contribution in [0.4, 0.5) is 0 Å². The van der Waals surface area contributed by atoms with E-state index in [0.717, 1.165) is 18.6 Å². The van der Waals surface area contributed by atoms with Gasteiger partial charge in [-0.1, -0.05) is 43.3 Å². The van der Waals surface area contributed by atoms with Gasteiger partial charge < -0.3 is 10.5 Å². The van der Waals surface area contributed by atoms with Crippen LogP contribution < -0.4 is 10.5 Å². The number of nitrogens with two attached hydrogens (primary N) is 1. The van der Waals surface area contributed by atoms with E-state index in [1.165, 1.54) is 16.7 Å². The number of benzene rings is 2. The molecular weight excluding hydrogens is 246 g/mol. The second-order valence-corrected chi connectivity index (χ2v) is 5.29. The third kappa shape index (κ3) is 4.39. The number of hydrogen-bond acceptors (Lipinski definition) is 2. The van der Waals surface area contributed by atoms with Crippen molar-refractivity contribution in [2.75, 3.05) is 0 Å². The molecule has 0 amide bonds. The molecular formula is C18H23NO. The second kappa shape index (κ2) is 7.11. The molecule has 106 valence electrons. The van der Waals surface area contributed by atoms with Crippen molar-refractivity contribution in [1.29, 1.82) is 0 Å². The fraction of sp³-hybridized carbons (Fsp3) is 0.333. The Morgan fingerprint density at radius 3 is 2.35 bits per heavy atom. The van der Waals surface area contributed by atoms with Gasteiger partial charge in [0.05, 0.1) is 0 Å². The molecule has 2 rings (SSSR count). The van der Waals surface area contributed by atoms with Crippen LogP contribution in [0.5, 0.6) is 5.75 Å². The van der Waals surface area contributed by atoms with Gasteiger partial charge in [0.2, 0.25) is 0 Å². The summed E-state index contributed by atoms with van der Waals surface area (Å²) in [4.78, 5) is 0. The van der Waals surface area contributed by atoms with Crippen molar-refractivity contribution in [3.8, 4) is 5.75 Å². The molecule has 0 bridgehead atoms. The third-order valence-electron chi connectivity index (χ3n) is 3.29. The van der Waals surface area contributed by atoms with Gasteiger partial charge in [-0.3, -0.25) is 0 Å². The topological polar surface area (TPSA) is 35.2 Å². The van der Waals surface area contributed by atoms with Crippen LogP contribution in [0.1, 0.15) is 30.5 Å². The maximum atomic E-state index is 5.85. The van der Waals surface area contributed by atoms with Crippen LogP contribution in [0.2, 0.25) is 0 Å². The Hall–Kier alpha value is -1.80. The Kier molecular flexibility index (Phi) is 5.19. The van der Waals surface area contributed by atoms with Crippen LogP contribution in [0, 0.1) is 0 Å². The van der Waals surface area contributed by atoms with Crippen molar-refractivity contribution in [2.45, 2.75) is 39.3 Å². The van der Waals surface area contributed by atoms with Crippen molar-refractivity contribution >= 4 is 0 Å². The van der Waals surface area contributed by atoms with E-state index in [2.05, 4.69) is 43.3 Å². The SMILES string of the molecule is CCc1ccc(COc2cccc(CC(C)N)c2)cc1. The molecule has 0 aliphatic rings. The number of rotatable bonds is 6.